The van der Waals surface area contributed by atoms with Crippen LogP contribution in [0.25, 0.3) is 0 Å². The number of thioether (sulfide) groups is 1. The lowest BCUT2D eigenvalue weighted by Crippen LogP contribution is -2.16. The average molecular weight is 372 g/mol. The summed E-state index contributed by atoms with van der Waals surface area (Å²) in [5.74, 6) is 1.83. The van der Waals surface area contributed by atoms with Crippen molar-refractivity contribution in [2.45, 2.75) is 30.8 Å². The highest BCUT2D eigenvalue weighted by molar-refractivity contribution is 7.99. The number of aryl methyl sites for hydroxylation is 1. The number of nitrogens with one attached hydrogen (secondary N) is 1. The Bertz CT molecular complexity index is 760. The van der Waals surface area contributed by atoms with Gasteiger partial charge in [0.25, 0.3) is 0 Å². The largest absolute Gasteiger partial charge is 0.309 e. The van der Waals surface area contributed by atoms with Crippen molar-refractivity contribution < 1.29 is 4.79 Å². The van der Waals surface area contributed by atoms with E-state index in [1.54, 1.807) is 13.0 Å². The van der Waals surface area contributed by atoms with Crippen molar-refractivity contribution in [1.29, 1.82) is 0 Å². The minimum absolute atomic E-state index is 0.205. The number of carbonyl (C=O) groups is 1. The van der Waals surface area contributed by atoms with E-state index < -0.39 is 0 Å². The first kappa shape index (κ1) is 16.5. The van der Waals surface area contributed by atoms with Gasteiger partial charge in [-0.15, -0.1) is 10.2 Å². The third-order valence-electron chi connectivity index (χ3n) is 3.51. The SMILES string of the molecule is Cc1nc(NC(=O)CSc2nnc(C3CC3)n2C)c(Cl)cc1Cl. The lowest BCUT2D eigenvalue weighted by molar-refractivity contribution is -0.113. The first-order chi connectivity index (χ1) is 11.0. The second-order valence-corrected chi connectivity index (χ2v) is 7.15. The van der Waals surface area contributed by atoms with Crippen molar-refractivity contribution in [3.05, 3.63) is 27.6 Å². The van der Waals surface area contributed by atoms with Crippen LogP contribution in [0.15, 0.2) is 11.2 Å². The first-order valence-electron chi connectivity index (χ1n) is 7.10. The van der Waals surface area contributed by atoms with Gasteiger partial charge in [-0.3, -0.25) is 4.79 Å². The Morgan fingerprint density at radius 3 is 2.83 bits per heavy atom. The van der Waals surface area contributed by atoms with Crippen molar-refractivity contribution in [2.24, 2.45) is 7.05 Å². The van der Waals surface area contributed by atoms with Crippen LogP contribution in [0, 0.1) is 6.92 Å². The van der Waals surface area contributed by atoms with Gasteiger partial charge in [-0.2, -0.15) is 0 Å². The van der Waals surface area contributed by atoms with Crippen LogP contribution in [-0.2, 0) is 11.8 Å². The summed E-state index contributed by atoms with van der Waals surface area (Å²) in [6.07, 6.45) is 2.33. The molecule has 0 bridgehead atoms. The molecule has 0 aliphatic heterocycles. The van der Waals surface area contributed by atoms with Gasteiger partial charge in [-0.25, -0.2) is 4.98 Å². The van der Waals surface area contributed by atoms with E-state index >= 15 is 0 Å². The molecule has 0 unspecified atom stereocenters. The lowest BCUT2D eigenvalue weighted by atomic mass is 10.3. The Kier molecular flexibility index (Phi) is 4.79. The second-order valence-electron chi connectivity index (χ2n) is 5.40. The summed E-state index contributed by atoms with van der Waals surface area (Å²) in [6, 6.07) is 1.57. The highest BCUT2D eigenvalue weighted by Crippen LogP contribution is 2.39. The van der Waals surface area contributed by atoms with Crippen LogP contribution in [-0.4, -0.2) is 31.4 Å². The molecule has 1 saturated carbocycles. The van der Waals surface area contributed by atoms with E-state index in [1.165, 1.54) is 11.8 Å². The average Bonchev–Trinajstić information content (AvgIpc) is 3.27. The Morgan fingerprint density at radius 1 is 1.39 bits per heavy atom. The topological polar surface area (TPSA) is 72.7 Å². The highest BCUT2D eigenvalue weighted by atomic mass is 35.5. The lowest BCUT2D eigenvalue weighted by Gasteiger charge is -2.08. The Morgan fingerprint density at radius 2 is 2.13 bits per heavy atom. The number of amides is 1. The van der Waals surface area contributed by atoms with Crippen LogP contribution < -0.4 is 5.32 Å². The second kappa shape index (κ2) is 6.67. The van der Waals surface area contributed by atoms with Crippen LogP contribution in [0.3, 0.4) is 0 Å². The van der Waals surface area contributed by atoms with Gasteiger partial charge in [0.2, 0.25) is 5.91 Å². The van der Waals surface area contributed by atoms with E-state index in [0.717, 1.165) is 23.8 Å². The van der Waals surface area contributed by atoms with E-state index in [1.807, 2.05) is 11.6 Å². The molecule has 23 heavy (non-hydrogen) atoms. The maximum absolute atomic E-state index is 12.1. The van der Waals surface area contributed by atoms with Crippen LogP contribution >= 0.6 is 35.0 Å². The van der Waals surface area contributed by atoms with Gasteiger partial charge in [0.15, 0.2) is 11.0 Å². The number of rotatable bonds is 5. The van der Waals surface area contributed by atoms with Crippen LogP contribution in [0.1, 0.15) is 30.3 Å². The van der Waals surface area contributed by atoms with E-state index in [4.69, 9.17) is 23.2 Å². The number of halogens is 2. The van der Waals surface area contributed by atoms with Gasteiger partial charge in [-0.1, -0.05) is 35.0 Å². The quantitative estimate of drug-likeness (QED) is 0.814. The van der Waals surface area contributed by atoms with Crippen molar-refractivity contribution in [1.82, 2.24) is 19.7 Å². The summed E-state index contributed by atoms with van der Waals surface area (Å²) in [6.45, 7) is 1.75. The first-order valence-corrected chi connectivity index (χ1v) is 8.84. The minimum Gasteiger partial charge on any atom is -0.309 e. The summed E-state index contributed by atoms with van der Waals surface area (Å²) < 4.78 is 1.95. The highest BCUT2D eigenvalue weighted by Gasteiger charge is 2.29. The zero-order valence-corrected chi connectivity index (χ0v) is 15.0. The zero-order chi connectivity index (χ0) is 16.6. The molecular formula is C14H15Cl2N5OS. The Hall–Kier alpha value is -1.31. The number of carbonyl (C=O) groups excluding carboxylic acids is 1. The van der Waals surface area contributed by atoms with Crippen molar-refractivity contribution in [2.75, 3.05) is 11.1 Å². The van der Waals surface area contributed by atoms with Crippen LogP contribution in [0.4, 0.5) is 5.82 Å². The summed E-state index contributed by atoms with van der Waals surface area (Å²) in [7, 11) is 1.93. The molecule has 0 aromatic carbocycles. The fraction of sp³-hybridized carbons (Fsp3) is 0.429. The van der Waals surface area contributed by atoms with Crippen LogP contribution in [0.5, 0.6) is 0 Å². The number of pyridine rings is 1. The molecule has 0 atom stereocenters. The predicted octanol–water partition coefficient (Wildman–Crippen LogP) is 3.43. The zero-order valence-electron chi connectivity index (χ0n) is 12.6. The van der Waals surface area contributed by atoms with E-state index in [2.05, 4.69) is 20.5 Å². The summed E-state index contributed by atoms with van der Waals surface area (Å²) in [5.41, 5.74) is 0.612. The van der Waals surface area contributed by atoms with Gasteiger partial charge in [0.05, 0.1) is 21.5 Å². The number of anilines is 1. The maximum Gasteiger partial charge on any atom is 0.236 e. The van der Waals surface area contributed by atoms with Gasteiger partial charge in [0.1, 0.15) is 5.82 Å². The molecule has 6 nitrogen and oxygen atoms in total. The van der Waals surface area contributed by atoms with Crippen LogP contribution in [0.2, 0.25) is 10.0 Å². The van der Waals surface area contributed by atoms with Gasteiger partial charge >= 0.3 is 0 Å². The smallest absolute Gasteiger partial charge is 0.236 e. The van der Waals surface area contributed by atoms with Crippen molar-refractivity contribution >= 4 is 46.7 Å². The third-order valence-corrected chi connectivity index (χ3v) is 5.20. The van der Waals surface area contributed by atoms with Gasteiger partial charge in [-0.05, 0) is 25.8 Å². The molecule has 0 saturated heterocycles. The number of aromatic nitrogens is 4. The minimum atomic E-state index is -0.206. The molecule has 0 radical (unpaired) electrons. The van der Waals surface area contributed by atoms with E-state index in [-0.39, 0.29) is 11.7 Å². The molecule has 2 heterocycles. The Labute approximate surface area is 148 Å². The predicted molar refractivity (Wildman–Crippen MR) is 91.3 cm³/mol. The molecule has 9 heteroatoms. The molecule has 1 aliphatic rings. The molecular weight excluding hydrogens is 357 g/mol. The normalized spacial score (nSPS) is 14.1. The molecule has 1 amide bonds. The Balaban J connectivity index is 1.61. The van der Waals surface area contributed by atoms with Gasteiger partial charge in [0, 0.05) is 13.0 Å². The summed E-state index contributed by atoms with van der Waals surface area (Å²) >= 11 is 13.3. The summed E-state index contributed by atoms with van der Waals surface area (Å²) in [4.78, 5) is 16.3. The van der Waals surface area contributed by atoms with E-state index in [9.17, 15) is 4.79 Å². The number of hydrogen-bond acceptors (Lipinski definition) is 5. The fourth-order valence-corrected chi connectivity index (χ4v) is 3.22. The third kappa shape index (κ3) is 3.79. The van der Waals surface area contributed by atoms with E-state index in [0.29, 0.717) is 27.5 Å². The molecule has 3 rings (SSSR count). The molecule has 2 aromatic heterocycles. The molecule has 0 spiro atoms. The standard InChI is InChI=1S/C14H15Cl2N5OS/c1-7-9(15)5-10(16)12(17-7)18-11(22)6-23-14-20-19-13(21(14)2)8-3-4-8/h5,8H,3-4,6H2,1-2H3,(H,17,18,22). The molecule has 2 aromatic rings. The molecule has 1 aliphatic carbocycles. The van der Waals surface area contributed by atoms with Crippen molar-refractivity contribution in [3.63, 3.8) is 0 Å². The van der Waals surface area contributed by atoms with Gasteiger partial charge < -0.3 is 9.88 Å². The van der Waals surface area contributed by atoms with Crippen molar-refractivity contribution in [3.8, 4) is 0 Å². The summed E-state index contributed by atoms with van der Waals surface area (Å²) in [5, 5.41) is 12.5. The molecule has 1 N–H and O–H groups in total. The number of nitrogens with zero attached hydrogens (tertiary/aromatic N) is 4. The molecule has 122 valence electrons. The maximum atomic E-state index is 12.1. The fourth-order valence-electron chi connectivity index (χ4n) is 2.09. The molecule has 1 fully saturated rings. The monoisotopic (exact) mass is 371 g/mol. The number of hydrogen-bond donors (Lipinski definition) is 1.